The van der Waals surface area contributed by atoms with Gasteiger partial charge in [0.2, 0.25) is 0 Å². The van der Waals surface area contributed by atoms with Crippen molar-refractivity contribution in [3.05, 3.63) is 41.1 Å². The molecule has 0 aliphatic heterocycles. The Morgan fingerprint density at radius 2 is 2.00 bits per heavy atom. The summed E-state index contributed by atoms with van der Waals surface area (Å²) in [7, 11) is 1.61. The number of hydrogen-bond donors (Lipinski definition) is 1. The lowest BCUT2D eigenvalue weighted by Crippen LogP contribution is -2.30. The number of rotatable bonds is 5. The Kier molecular flexibility index (Phi) is 5.06. The van der Waals surface area contributed by atoms with Crippen molar-refractivity contribution in [3.63, 3.8) is 0 Å². The maximum absolute atomic E-state index is 6.17. The first-order valence-corrected chi connectivity index (χ1v) is 8.30. The monoisotopic (exact) mass is 319 g/mol. The van der Waals surface area contributed by atoms with Crippen molar-refractivity contribution < 1.29 is 9.15 Å². The molecule has 3 nitrogen and oxygen atoms in total. The summed E-state index contributed by atoms with van der Waals surface area (Å²) in [5, 5.41) is 4.19. The molecule has 4 heteroatoms. The van der Waals surface area contributed by atoms with Gasteiger partial charge in [-0.05, 0) is 43.2 Å². The highest BCUT2D eigenvalue weighted by Gasteiger charge is 2.13. The molecule has 1 saturated carbocycles. The third-order valence-electron chi connectivity index (χ3n) is 4.27. The lowest BCUT2D eigenvalue weighted by Gasteiger charge is -2.22. The summed E-state index contributed by atoms with van der Waals surface area (Å²) in [5.74, 6) is 2.48. The first kappa shape index (κ1) is 15.4. The molecule has 0 spiro atoms. The van der Waals surface area contributed by atoms with Crippen molar-refractivity contribution in [2.24, 2.45) is 0 Å². The van der Waals surface area contributed by atoms with E-state index in [-0.39, 0.29) is 0 Å². The number of methoxy groups -OCH3 is 1. The van der Waals surface area contributed by atoms with E-state index in [2.05, 4.69) is 5.32 Å². The van der Waals surface area contributed by atoms with Crippen LogP contribution >= 0.6 is 11.6 Å². The van der Waals surface area contributed by atoms with Crippen molar-refractivity contribution in [1.82, 2.24) is 5.32 Å². The maximum atomic E-state index is 6.17. The molecule has 1 aromatic heterocycles. The van der Waals surface area contributed by atoms with Crippen molar-refractivity contribution in [1.29, 1.82) is 0 Å². The van der Waals surface area contributed by atoms with Crippen LogP contribution in [0.3, 0.4) is 0 Å². The molecular formula is C18H22ClNO2. The zero-order chi connectivity index (χ0) is 15.4. The van der Waals surface area contributed by atoms with Gasteiger partial charge >= 0.3 is 0 Å². The van der Waals surface area contributed by atoms with Crippen LogP contribution in [0.1, 0.15) is 37.9 Å². The van der Waals surface area contributed by atoms with Gasteiger partial charge in [-0.25, -0.2) is 0 Å². The second-order valence-electron chi connectivity index (χ2n) is 5.83. The fourth-order valence-electron chi connectivity index (χ4n) is 3.00. The van der Waals surface area contributed by atoms with E-state index < -0.39 is 0 Å². The quantitative estimate of drug-likeness (QED) is 0.839. The first-order valence-electron chi connectivity index (χ1n) is 7.92. The van der Waals surface area contributed by atoms with Crippen LogP contribution in [-0.2, 0) is 6.54 Å². The van der Waals surface area contributed by atoms with Crippen LogP contribution in [0.4, 0.5) is 0 Å². The highest BCUT2D eigenvalue weighted by atomic mass is 35.5. The van der Waals surface area contributed by atoms with E-state index in [0.717, 1.165) is 23.6 Å². The van der Waals surface area contributed by atoms with Gasteiger partial charge in [-0.1, -0.05) is 30.9 Å². The molecule has 118 valence electrons. The van der Waals surface area contributed by atoms with Crippen LogP contribution in [0.2, 0.25) is 5.02 Å². The molecule has 1 aliphatic carbocycles. The third-order valence-corrected chi connectivity index (χ3v) is 4.56. The Hall–Kier alpha value is -1.45. The average molecular weight is 320 g/mol. The van der Waals surface area contributed by atoms with Crippen LogP contribution in [0.25, 0.3) is 11.3 Å². The lowest BCUT2D eigenvalue weighted by molar-refractivity contribution is 0.358. The highest BCUT2D eigenvalue weighted by molar-refractivity contribution is 6.32. The SMILES string of the molecule is COc1ccc(-c2ccc(CNC3CCCCC3)o2)cc1Cl. The third kappa shape index (κ3) is 3.65. The predicted octanol–water partition coefficient (Wildman–Crippen LogP) is 5.03. The van der Waals surface area contributed by atoms with Gasteiger partial charge < -0.3 is 14.5 Å². The van der Waals surface area contributed by atoms with Crippen LogP contribution in [0, 0.1) is 0 Å². The molecule has 0 radical (unpaired) electrons. The Morgan fingerprint density at radius 1 is 1.18 bits per heavy atom. The Labute approximate surface area is 136 Å². The minimum Gasteiger partial charge on any atom is -0.495 e. The molecule has 1 aromatic carbocycles. The van der Waals surface area contributed by atoms with Gasteiger partial charge in [0.1, 0.15) is 17.3 Å². The normalized spacial score (nSPS) is 15.9. The molecular weight excluding hydrogens is 298 g/mol. The summed E-state index contributed by atoms with van der Waals surface area (Å²) in [6, 6.07) is 10.4. The van der Waals surface area contributed by atoms with Gasteiger partial charge in [-0.15, -0.1) is 0 Å². The Bertz CT molecular complexity index is 617. The molecule has 2 aromatic rings. The summed E-state index contributed by atoms with van der Waals surface area (Å²) in [6.45, 7) is 0.786. The standard InChI is InChI=1S/C18H22ClNO2/c1-21-18-9-7-13(11-16(18)19)17-10-8-15(22-17)12-20-14-5-3-2-4-6-14/h7-11,14,20H,2-6,12H2,1H3. The summed E-state index contributed by atoms with van der Waals surface area (Å²) in [5.41, 5.74) is 0.967. The molecule has 1 aliphatic rings. The van der Waals surface area contributed by atoms with Gasteiger partial charge in [0, 0.05) is 11.6 Å². The predicted molar refractivity (Wildman–Crippen MR) is 89.4 cm³/mol. The molecule has 0 unspecified atom stereocenters. The van der Waals surface area contributed by atoms with Crippen LogP contribution in [0.5, 0.6) is 5.75 Å². The molecule has 1 N–H and O–H groups in total. The van der Waals surface area contributed by atoms with Gasteiger partial charge in [0.05, 0.1) is 18.7 Å². The summed E-state index contributed by atoms with van der Waals surface area (Å²) < 4.78 is 11.1. The van der Waals surface area contributed by atoms with E-state index in [1.165, 1.54) is 32.1 Å². The topological polar surface area (TPSA) is 34.4 Å². The second kappa shape index (κ2) is 7.21. The zero-order valence-corrected chi connectivity index (χ0v) is 13.7. The van der Waals surface area contributed by atoms with Crippen LogP contribution in [-0.4, -0.2) is 13.2 Å². The van der Waals surface area contributed by atoms with Crippen LogP contribution < -0.4 is 10.1 Å². The fraction of sp³-hybridized carbons (Fsp3) is 0.444. The minimum absolute atomic E-state index is 0.596. The molecule has 3 rings (SSSR count). The molecule has 22 heavy (non-hydrogen) atoms. The van der Waals surface area contributed by atoms with E-state index in [4.69, 9.17) is 20.8 Å². The van der Waals surface area contributed by atoms with E-state index in [0.29, 0.717) is 16.8 Å². The summed E-state index contributed by atoms with van der Waals surface area (Å²) in [4.78, 5) is 0. The molecule has 0 atom stereocenters. The van der Waals surface area contributed by atoms with Crippen molar-refractivity contribution in [3.8, 4) is 17.1 Å². The number of benzene rings is 1. The van der Waals surface area contributed by atoms with Crippen molar-refractivity contribution >= 4 is 11.6 Å². The number of halogens is 1. The summed E-state index contributed by atoms with van der Waals surface area (Å²) in [6.07, 6.45) is 6.61. The smallest absolute Gasteiger partial charge is 0.137 e. The van der Waals surface area contributed by atoms with E-state index >= 15 is 0 Å². The fourth-order valence-corrected chi connectivity index (χ4v) is 3.26. The largest absolute Gasteiger partial charge is 0.495 e. The molecule has 1 fully saturated rings. The maximum Gasteiger partial charge on any atom is 0.137 e. The first-order chi connectivity index (χ1) is 10.8. The van der Waals surface area contributed by atoms with Crippen LogP contribution in [0.15, 0.2) is 34.7 Å². The second-order valence-corrected chi connectivity index (χ2v) is 6.24. The number of hydrogen-bond acceptors (Lipinski definition) is 3. The van der Waals surface area contributed by atoms with Gasteiger partial charge in [-0.2, -0.15) is 0 Å². The number of nitrogens with one attached hydrogen (secondary N) is 1. The lowest BCUT2D eigenvalue weighted by atomic mass is 9.95. The average Bonchev–Trinajstić information content (AvgIpc) is 3.03. The van der Waals surface area contributed by atoms with Gasteiger partial charge in [0.15, 0.2) is 0 Å². The number of ether oxygens (including phenoxy) is 1. The van der Waals surface area contributed by atoms with E-state index in [1.807, 2.05) is 30.3 Å². The minimum atomic E-state index is 0.596. The Morgan fingerprint density at radius 3 is 2.73 bits per heavy atom. The summed E-state index contributed by atoms with van der Waals surface area (Å²) >= 11 is 6.17. The molecule has 0 bridgehead atoms. The highest BCUT2D eigenvalue weighted by Crippen LogP contribution is 2.31. The van der Waals surface area contributed by atoms with E-state index in [1.54, 1.807) is 7.11 Å². The molecule has 1 heterocycles. The van der Waals surface area contributed by atoms with E-state index in [9.17, 15) is 0 Å². The van der Waals surface area contributed by atoms with Crippen molar-refractivity contribution in [2.75, 3.05) is 7.11 Å². The Balaban J connectivity index is 1.64. The molecule has 0 amide bonds. The van der Waals surface area contributed by atoms with Gasteiger partial charge in [0.25, 0.3) is 0 Å². The van der Waals surface area contributed by atoms with Crippen molar-refractivity contribution in [2.45, 2.75) is 44.7 Å². The number of furan rings is 1. The molecule has 0 saturated heterocycles. The van der Waals surface area contributed by atoms with Gasteiger partial charge in [-0.3, -0.25) is 0 Å². The zero-order valence-electron chi connectivity index (χ0n) is 12.9.